The Morgan fingerprint density at radius 1 is 1.20 bits per heavy atom. The molecule has 102 valence electrons. The van der Waals surface area contributed by atoms with Crippen molar-refractivity contribution >= 4 is 27.1 Å². The van der Waals surface area contributed by atoms with Crippen molar-refractivity contribution in [3.8, 4) is 17.1 Å². The Morgan fingerprint density at radius 2 is 2.00 bits per heavy atom. The van der Waals surface area contributed by atoms with E-state index >= 15 is 0 Å². The van der Waals surface area contributed by atoms with Crippen molar-refractivity contribution in [2.75, 3.05) is 7.11 Å². The Labute approximate surface area is 120 Å². The molecule has 0 spiro atoms. The first-order chi connectivity index (χ1) is 9.58. The van der Waals surface area contributed by atoms with E-state index in [9.17, 15) is 9.59 Å². The highest BCUT2D eigenvalue weighted by atomic mass is 79.9. The number of nitrogens with one attached hydrogen (secondary N) is 3. The van der Waals surface area contributed by atoms with Crippen LogP contribution in [-0.4, -0.2) is 27.0 Å². The van der Waals surface area contributed by atoms with E-state index < -0.39 is 11.2 Å². The van der Waals surface area contributed by atoms with E-state index in [1.807, 2.05) is 6.07 Å². The van der Waals surface area contributed by atoms with Gasteiger partial charge in [0.25, 0.3) is 5.56 Å². The maximum absolute atomic E-state index is 11.6. The summed E-state index contributed by atoms with van der Waals surface area (Å²) in [7, 11) is 1.57. The number of methoxy groups -OCH3 is 1. The third-order valence-corrected chi connectivity index (χ3v) is 3.43. The molecular formula is C12H9BrN4O3. The van der Waals surface area contributed by atoms with Gasteiger partial charge in [-0.1, -0.05) is 0 Å². The number of hydrogen-bond donors (Lipinski definition) is 3. The van der Waals surface area contributed by atoms with Gasteiger partial charge >= 0.3 is 5.69 Å². The van der Waals surface area contributed by atoms with Gasteiger partial charge in [0.1, 0.15) is 17.1 Å². The van der Waals surface area contributed by atoms with Crippen molar-refractivity contribution in [1.29, 1.82) is 0 Å². The molecule has 7 nitrogen and oxygen atoms in total. The van der Waals surface area contributed by atoms with Crippen LogP contribution in [0.25, 0.3) is 22.6 Å². The average Bonchev–Trinajstić information content (AvgIpc) is 2.82. The molecule has 0 bridgehead atoms. The molecule has 0 aliphatic heterocycles. The van der Waals surface area contributed by atoms with Gasteiger partial charge in [-0.3, -0.25) is 14.8 Å². The molecule has 20 heavy (non-hydrogen) atoms. The number of imidazole rings is 1. The molecule has 3 aromatic rings. The van der Waals surface area contributed by atoms with Gasteiger partial charge in [-0.05, 0) is 34.1 Å². The first kappa shape index (κ1) is 12.7. The van der Waals surface area contributed by atoms with Crippen LogP contribution in [0.15, 0.2) is 32.3 Å². The van der Waals surface area contributed by atoms with Crippen molar-refractivity contribution in [3.63, 3.8) is 0 Å². The van der Waals surface area contributed by atoms with E-state index in [1.54, 1.807) is 19.2 Å². The fourth-order valence-corrected chi connectivity index (χ4v) is 2.42. The minimum atomic E-state index is -0.587. The van der Waals surface area contributed by atoms with Crippen LogP contribution in [0, 0.1) is 0 Å². The van der Waals surface area contributed by atoms with Gasteiger partial charge in [0.05, 0.1) is 11.6 Å². The lowest BCUT2D eigenvalue weighted by Gasteiger charge is -2.04. The zero-order valence-electron chi connectivity index (χ0n) is 10.3. The SMILES string of the molecule is COc1ccc(-c2nc3[nH]c(=O)[nH]c(=O)c3[nH]2)cc1Br. The second-order valence-corrected chi connectivity index (χ2v) is 4.92. The maximum atomic E-state index is 11.6. The number of aromatic nitrogens is 4. The summed E-state index contributed by atoms with van der Waals surface area (Å²) in [6.45, 7) is 0. The summed E-state index contributed by atoms with van der Waals surface area (Å²) in [6, 6.07) is 5.38. The molecule has 0 fully saturated rings. The van der Waals surface area contributed by atoms with Crippen molar-refractivity contribution in [2.24, 2.45) is 0 Å². The van der Waals surface area contributed by atoms with E-state index in [4.69, 9.17) is 4.74 Å². The topological polar surface area (TPSA) is 104 Å². The third kappa shape index (κ3) is 2.03. The third-order valence-electron chi connectivity index (χ3n) is 2.82. The van der Waals surface area contributed by atoms with Crippen LogP contribution < -0.4 is 16.0 Å². The van der Waals surface area contributed by atoms with Gasteiger partial charge < -0.3 is 9.72 Å². The van der Waals surface area contributed by atoms with E-state index in [-0.39, 0.29) is 11.2 Å². The van der Waals surface area contributed by atoms with Gasteiger partial charge in [0.2, 0.25) is 0 Å². The predicted molar refractivity (Wildman–Crippen MR) is 77.0 cm³/mol. The molecule has 0 aliphatic carbocycles. The van der Waals surface area contributed by atoms with E-state index in [0.29, 0.717) is 11.6 Å². The first-order valence-corrected chi connectivity index (χ1v) is 6.44. The number of fused-ring (bicyclic) bond motifs is 1. The molecular weight excluding hydrogens is 328 g/mol. The van der Waals surface area contributed by atoms with Gasteiger partial charge in [0, 0.05) is 5.56 Å². The number of aromatic amines is 3. The van der Waals surface area contributed by atoms with Crippen molar-refractivity contribution < 1.29 is 4.74 Å². The first-order valence-electron chi connectivity index (χ1n) is 5.64. The highest BCUT2D eigenvalue weighted by Gasteiger charge is 2.10. The molecule has 3 N–H and O–H groups in total. The lowest BCUT2D eigenvalue weighted by Crippen LogP contribution is -2.21. The van der Waals surface area contributed by atoms with E-state index in [0.717, 1.165) is 10.0 Å². The summed E-state index contributed by atoms with van der Waals surface area (Å²) in [5, 5.41) is 0. The minimum Gasteiger partial charge on any atom is -0.496 e. The van der Waals surface area contributed by atoms with Crippen LogP contribution in [0.2, 0.25) is 0 Å². The van der Waals surface area contributed by atoms with Crippen LogP contribution in [0.1, 0.15) is 0 Å². The van der Waals surface area contributed by atoms with Crippen LogP contribution in [0.4, 0.5) is 0 Å². The number of nitrogens with zero attached hydrogens (tertiary/aromatic N) is 1. The predicted octanol–water partition coefficient (Wildman–Crippen LogP) is 1.38. The molecule has 0 saturated heterocycles. The molecule has 1 aromatic carbocycles. The fourth-order valence-electron chi connectivity index (χ4n) is 1.88. The zero-order chi connectivity index (χ0) is 14.3. The van der Waals surface area contributed by atoms with Gasteiger partial charge in [-0.2, -0.15) is 0 Å². The Morgan fingerprint density at radius 3 is 2.70 bits per heavy atom. The molecule has 0 atom stereocenters. The largest absolute Gasteiger partial charge is 0.496 e. The van der Waals surface area contributed by atoms with Crippen LogP contribution in [0.3, 0.4) is 0 Å². The lowest BCUT2D eigenvalue weighted by molar-refractivity contribution is 0.412. The summed E-state index contributed by atoms with van der Waals surface area (Å²) in [6.07, 6.45) is 0. The van der Waals surface area contributed by atoms with Crippen molar-refractivity contribution in [3.05, 3.63) is 43.5 Å². The quantitative estimate of drug-likeness (QED) is 0.657. The lowest BCUT2D eigenvalue weighted by atomic mass is 10.2. The Hall–Kier alpha value is -2.35. The summed E-state index contributed by atoms with van der Waals surface area (Å²) in [4.78, 5) is 34.5. The summed E-state index contributed by atoms with van der Waals surface area (Å²) in [5.41, 5.74) is 0.118. The second kappa shape index (κ2) is 4.64. The number of benzene rings is 1. The molecule has 8 heteroatoms. The number of H-pyrrole nitrogens is 3. The van der Waals surface area contributed by atoms with Gasteiger partial charge in [-0.15, -0.1) is 0 Å². The standard InChI is InChI=1S/C12H9BrN4O3/c1-20-7-3-2-5(4-6(7)13)9-14-8-10(15-9)16-12(19)17-11(8)18/h2-4H,1H3,(H3,14,15,16,17,18,19). The normalized spacial score (nSPS) is 10.9. The summed E-state index contributed by atoms with van der Waals surface area (Å²) < 4.78 is 5.91. The molecule has 3 rings (SSSR count). The smallest absolute Gasteiger partial charge is 0.327 e. The molecule has 0 aliphatic rings. The average molecular weight is 337 g/mol. The van der Waals surface area contributed by atoms with Crippen LogP contribution in [-0.2, 0) is 0 Å². The van der Waals surface area contributed by atoms with Gasteiger partial charge in [0.15, 0.2) is 5.65 Å². The zero-order valence-corrected chi connectivity index (χ0v) is 11.9. The Balaban J connectivity index is 2.20. The molecule has 0 unspecified atom stereocenters. The maximum Gasteiger partial charge on any atom is 0.327 e. The van der Waals surface area contributed by atoms with Crippen LogP contribution >= 0.6 is 15.9 Å². The Kier molecular flexibility index (Phi) is 2.94. The monoisotopic (exact) mass is 336 g/mol. The number of hydrogen-bond acceptors (Lipinski definition) is 4. The Bertz CT molecular complexity index is 909. The highest BCUT2D eigenvalue weighted by molar-refractivity contribution is 9.10. The fraction of sp³-hybridized carbons (Fsp3) is 0.0833. The summed E-state index contributed by atoms with van der Waals surface area (Å²) >= 11 is 3.38. The minimum absolute atomic E-state index is 0.223. The molecule has 2 aromatic heterocycles. The molecule has 2 heterocycles. The molecule has 0 radical (unpaired) electrons. The second-order valence-electron chi connectivity index (χ2n) is 4.07. The number of halogens is 1. The number of ether oxygens (including phenoxy) is 1. The summed E-state index contributed by atoms with van der Waals surface area (Å²) in [5.74, 6) is 1.17. The van der Waals surface area contributed by atoms with Crippen molar-refractivity contribution in [2.45, 2.75) is 0 Å². The van der Waals surface area contributed by atoms with Crippen molar-refractivity contribution in [1.82, 2.24) is 19.9 Å². The highest BCUT2D eigenvalue weighted by Crippen LogP contribution is 2.29. The van der Waals surface area contributed by atoms with E-state index in [2.05, 4.69) is 35.9 Å². The molecule has 0 saturated carbocycles. The van der Waals surface area contributed by atoms with E-state index in [1.165, 1.54) is 0 Å². The van der Waals surface area contributed by atoms with Crippen LogP contribution in [0.5, 0.6) is 5.75 Å². The van der Waals surface area contributed by atoms with Gasteiger partial charge in [-0.25, -0.2) is 9.78 Å². The molecule has 0 amide bonds. The number of rotatable bonds is 2.